The Labute approximate surface area is 109 Å². The van der Waals surface area contributed by atoms with Crippen molar-refractivity contribution in [2.75, 3.05) is 6.61 Å². The van der Waals surface area contributed by atoms with Gasteiger partial charge in [0.15, 0.2) is 11.5 Å². The van der Waals surface area contributed by atoms with Gasteiger partial charge in [-0.3, -0.25) is 0 Å². The molecule has 0 radical (unpaired) electrons. The predicted octanol–water partition coefficient (Wildman–Crippen LogP) is 2.94. The number of hydrogen-bond acceptors (Lipinski definition) is 3. The van der Waals surface area contributed by atoms with Crippen molar-refractivity contribution in [3.8, 4) is 11.5 Å². The van der Waals surface area contributed by atoms with E-state index in [0.717, 1.165) is 17.9 Å². The lowest BCUT2D eigenvalue weighted by Crippen LogP contribution is -2.25. The molecule has 3 heteroatoms. The van der Waals surface area contributed by atoms with Crippen LogP contribution in [0.25, 0.3) is 0 Å². The van der Waals surface area contributed by atoms with Crippen molar-refractivity contribution in [1.82, 2.24) is 0 Å². The summed E-state index contributed by atoms with van der Waals surface area (Å²) in [6, 6.07) is 5.99. The van der Waals surface area contributed by atoms with E-state index in [1.54, 1.807) is 13.8 Å². The zero-order valence-corrected chi connectivity index (χ0v) is 11.6. The maximum Gasteiger partial charge on any atom is 0.165 e. The fraction of sp³-hybridized carbons (Fsp3) is 0.600. The third kappa shape index (κ3) is 3.16. The van der Waals surface area contributed by atoms with Crippen LogP contribution in [0.3, 0.4) is 0 Å². The van der Waals surface area contributed by atoms with Crippen LogP contribution in [-0.2, 0) is 6.42 Å². The Bertz CT molecular complexity index is 430. The molecule has 18 heavy (non-hydrogen) atoms. The molecule has 1 aromatic rings. The Kier molecular flexibility index (Phi) is 3.28. The lowest BCUT2D eigenvalue weighted by atomic mass is 10.0. The van der Waals surface area contributed by atoms with Gasteiger partial charge in [-0.1, -0.05) is 12.1 Å². The monoisotopic (exact) mass is 250 g/mol. The van der Waals surface area contributed by atoms with Crippen molar-refractivity contribution in [3.63, 3.8) is 0 Å². The highest BCUT2D eigenvalue weighted by Gasteiger charge is 2.32. The van der Waals surface area contributed by atoms with Gasteiger partial charge in [-0.15, -0.1) is 0 Å². The van der Waals surface area contributed by atoms with Crippen LogP contribution in [-0.4, -0.2) is 22.9 Å². The summed E-state index contributed by atoms with van der Waals surface area (Å²) in [5.74, 6) is 1.64. The zero-order valence-electron chi connectivity index (χ0n) is 11.6. The van der Waals surface area contributed by atoms with E-state index < -0.39 is 5.60 Å². The first-order chi connectivity index (χ1) is 8.27. The molecule has 0 spiro atoms. The van der Waals surface area contributed by atoms with E-state index in [9.17, 15) is 5.11 Å². The van der Waals surface area contributed by atoms with Gasteiger partial charge in [-0.25, -0.2) is 0 Å². The first kappa shape index (κ1) is 13.2. The number of ether oxygens (including phenoxy) is 2. The van der Waals surface area contributed by atoms with Crippen LogP contribution in [0.2, 0.25) is 0 Å². The molecule has 0 atom stereocenters. The van der Waals surface area contributed by atoms with E-state index in [1.807, 2.05) is 12.1 Å². The van der Waals surface area contributed by atoms with Crippen LogP contribution in [0.4, 0.5) is 0 Å². The van der Waals surface area contributed by atoms with Gasteiger partial charge in [0.05, 0.1) is 12.2 Å². The highest BCUT2D eigenvalue weighted by atomic mass is 16.5. The SMILES string of the molecule is CC(C)(O)CCOc1cccc2c1OC(C)(C)C2. The Morgan fingerprint density at radius 2 is 2.11 bits per heavy atom. The van der Waals surface area contributed by atoms with Crippen LogP contribution in [0.15, 0.2) is 18.2 Å². The minimum atomic E-state index is -0.696. The number of rotatable bonds is 4. The Morgan fingerprint density at radius 1 is 1.39 bits per heavy atom. The fourth-order valence-corrected chi connectivity index (χ4v) is 2.11. The molecule has 0 saturated heterocycles. The molecule has 2 rings (SSSR count). The second-order valence-corrected chi connectivity index (χ2v) is 6.19. The molecule has 100 valence electrons. The molecule has 0 aromatic heterocycles. The van der Waals surface area contributed by atoms with Crippen molar-refractivity contribution < 1.29 is 14.6 Å². The molecule has 0 saturated carbocycles. The third-order valence-corrected chi connectivity index (χ3v) is 3.03. The second-order valence-electron chi connectivity index (χ2n) is 6.19. The molecule has 1 aliphatic rings. The topological polar surface area (TPSA) is 38.7 Å². The van der Waals surface area contributed by atoms with Crippen molar-refractivity contribution in [1.29, 1.82) is 0 Å². The molecule has 1 aromatic carbocycles. The summed E-state index contributed by atoms with van der Waals surface area (Å²) in [6.07, 6.45) is 1.51. The Hall–Kier alpha value is -1.22. The van der Waals surface area contributed by atoms with Gasteiger partial charge in [-0.05, 0) is 33.8 Å². The number of aliphatic hydroxyl groups is 1. The van der Waals surface area contributed by atoms with E-state index in [0.29, 0.717) is 13.0 Å². The van der Waals surface area contributed by atoms with E-state index in [4.69, 9.17) is 9.47 Å². The summed E-state index contributed by atoms with van der Waals surface area (Å²) in [7, 11) is 0. The minimum Gasteiger partial charge on any atom is -0.490 e. The molecular formula is C15H22O3. The average Bonchev–Trinajstić information content (AvgIpc) is 2.51. The quantitative estimate of drug-likeness (QED) is 0.893. The molecular weight excluding hydrogens is 228 g/mol. The summed E-state index contributed by atoms with van der Waals surface area (Å²) in [5.41, 5.74) is 0.344. The van der Waals surface area contributed by atoms with Gasteiger partial charge in [0.1, 0.15) is 5.60 Å². The van der Waals surface area contributed by atoms with E-state index in [2.05, 4.69) is 19.9 Å². The van der Waals surface area contributed by atoms with Gasteiger partial charge in [0.25, 0.3) is 0 Å². The largest absolute Gasteiger partial charge is 0.490 e. The first-order valence-electron chi connectivity index (χ1n) is 6.43. The molecule has 0 amide bonds. The van der Waals surface area contributed by atoms with E-state index in [-0.39, 0.29) is 5.60 Å². The normalized spacial score (nSPS) is 17.2. The molecule has 3 nitrogen and oxygen atoms in total. The standard InChI is InChI=1S/C15H22O3/c1-14(2,16)8-9-17-12-7-5-6-11-10-15(3,4)18-13(11)12/h5-7,16H,8-10H2,1-4H3. The van der Waals surface area contributed by atoms with Crippen LogP contribution in [0.1, 0.15) is 39.7 Å². The number of benzene rings is 1. The maximum absolute atomic E-state index is 9.66. The van der Waals surface area contributed by atoms with Crippen molar-refractivity contribution in [2.24, 2.45) is 0 Å². The smallest absolute Gasteiger partial charge is 0.165 e. The molecule has 0 unspecified atom stereocenters. The minimum absolute atomic E-state index is 0.155. The summed E-state index contributed by atoms with van der Waals surface area (Å²) >= 11 is 0. The van der Waals surface area contributed by atoms with Gasteiger partial charge < -0.3 is 14.6 Å². The van der Waals surface area contributed by atoms with Crippen LogP contribution in [0.5, 0.6) is 11.5 Å². The summed E-state index contributed by atoms with van der Waals surface area (Å²) in [6.45, 7) is 8.21. The van der Waals surface area contributed by atoms with Crippen LogP contribution < -0.4 is 9.47 Å². The van der Waals surface area contributed by atoms with Crippen molar-refractivity contribution in [2.45, 2.75) is 51.7 Å². The zero-order chi connectivity index (χ0) is 13.4. The molecule has 0 aliphatic carbocycles. The summed E-state index contributed by atoms with van der Waals surface area (Å²) in [4.78, 5) is 0. The Morgan fingerprint density at radius 3 is 2.78 bits per heavy atom. The van der Waals surface area contributed by atoms with Gasteiger partial charge in [0, 0.05) is 18.4 Å². The van der Waals surface area contributed by atoms with Gasteiger partial charge in [-0.2, -0.15) is 0 Å². The van der Waals surface area contributed by atoms with Crippen LogP contribution >= 0.6 is 0 Å². The summed E-state index contributed by atoms with van der Waals surface area (Å²) in [5, 5.41) is 9.66. The van der Waals surface area contributed by atoms with E-state index >= 15 is 0 Å². The lowest BCUT2D eigenvalue weighted by molar-refractivity contribution is 0.0540. The average molecular weight is 250 g/mol. The molecule has 1 aliphatic heterocycles. The second kappa shape index (κ2) is 4.47. The highest BCUT2D eigenvalue weighted by Crippen LogP contribution is 2.41. The van der Waals surface area contributed by atoms with Crippen molar-refractivity contribution in [3.05, 3.63) is 23.8 Å². The van der Waals surface area contributed by atoms with Crippen molar-refractivity contribution >= 4 is 0 Å². The number of fused-ring (bicyclic) bond motifs is 1. The molecule has 1 N–H and O–H groups in total. The highest BCUT2D eigenvalue weighted by molar-refractivity contribution is 5.50. The maximum atomic E-state index is 9.66. The predicted molar refractivity (Wildman–Crippen MR) is 71.3 cm³/mol. The third-order valence-electron chi connectivity index (χ3n) is 3.03. The van der Waals surface area contributed by atoms with Crippen LogP contribution in [0, 0.1) is 0 Å². The first-order valence-corrected chi connectivity index (χ1v) is 6.43. The van der Waals surface area contributed by atoms with E-state index in [1.165, 1.54) is 5.56 Å². The molecule has 0 fully saturated rings. The molecule has 1 heterocycles. The summed E-state index contributed by atoms with van der Waals surface area (Å²) < 4.78 is 11.7. The number of hydrogen-bond donors (Lipinski definition) is 1. The Balaban J connectivity index is 2.06. The molecule has 0 bridgehead atoms. The lowest BCUT2D eigenvalue weighted by Gasteiger charge is -2.20. The number of para-hydroxylation sites is 1. The van der Waals surface area contributed by atoms with Gasteiger partial charge in [0.2, 0.25) is 0 Å². The van der Waals surface area contributed by atoms with Gasteiger partial charge >= 0.3 is 0 Å². The fourth-order valence-electron chi connectivity index (χ4n) is 2.11.